The van der Waals surface area contributed by atoms with E-state index in [4.69, 9.17) is 0 Å². The fraction of sp³-hybridized carbons (Fsp3) is 0.381. The molecule has 0 unspecified atom stereocenters. The topological polar surface area (TPSA) is 20.3 Å². The minimum atomic E-state index is -0.250. The maximum atomic E-state index is 13.2. The lowest BCUT2D eigenvalue weighted by molar-refractivity contribution is -0.121. The number of nitrogens with zero attached hydrogens (tertiary/aromatic N) is 1. The van der Waals surface area contributed by atoms with Crippen molar-refractivity contribution in [2.45, 2.75) is 31.6 Å². The Morgan fingerprint density at radius 2 is 1.32 bits per heavy atom. The minimum absolute atomic E-state index is 0.118. The fourth-order valence-corrected chi connectivity index (χ4v) is 3.46. The molecule has 1 fully saturated rings. The molecule has 0 bridgehead atoms. The lowest BCUT2D eigenvalue weighted by Crippen LogP contribution is -2.34. The predicted molar refractivity (Wildman–Crippen MR) is 94.6 cm³/mol. The SMILES string of the molecule is O=C1CCN(CCCC(c2ccc(F)cc2)c2ccc(F)cc2)CC1. The van der Waals surface area contributed by atoms with Crippen molar-refractivity contribution < 1.29 is 13.6 Å². The number of Topliss-reactive ketones (excluding diaryl/α,β-unsaturated/α-hetero) is 1. The molecule has 132 valence electrons. The summed E-state index contributed by atoms with van der Waals surface area (Å²) in [6.45, 7) is 2.64. The second-order valence-corrected chi connectivity index (χ2v) is 6.68. The first-order valence-electron chi connectivity index (χ1n) is 8.87. The lowest BCUT2D eigenvalue weighted by Gasteiger charge is -2.26. The zero-order valence-electron chi connectivity index (χ0n) is 14.3. The van der Waals surface area contributed by atoms with Gasteiger partial charge in [-0.15, -0.1) is 0 Å². The molecule has 0 aromatic heterocycles. The number of rotatable bonds is 6. The molecule has 0 aliphatic carbocycles. The van der Waals surface area contributed by atoms with E-state index in [9.17, 15) is 13.6 Å². The highest BCUT2D eigenvalue weighted by molar-refractivity contribution is 5.79. The van der Waals surface area contributed by atoms with Crippen molar-refractivity contribution in [2.24, 2.45) is 0 Å². The Hall–Kier alpha value is -2.07. The molecule has 0 saturated carbocycles. The molecule has 2 aromatic carbocycles. The van der Waals surface area contributed by atoms with Gasteiger partial charge in [0.25, 0.3) is 0 Å². The van der Waals surface area contributed by atoms with Gasteiger partial charge in [-0.05, 0) is 54.8 Å². The largest absolute Gasteiger partial charge is 0.302 e. The molecular weight excluding hydrogens is 320 g/mol. The summed E-state index contributed by atoms with van der Waals surface area (Å²) in [6.07, 6.45) is 3.19. The lowest BCUT2D eigenvalue weighted by atomic mass is 9.87. The molecule has 1 heterocycles. The first-order chi connectivity index (χ1) is 12.1. The van der Waals surface area contributed by atoms with Crippen LogP contribution in [0.4, 0.5) is 8.78 Å². The van der Waals surface area contributed by atoms with Crippen LogP contribution in [0.1, 0.15) is 42.7 Å². The van der Waals surface area contributed by atoms with E-state index >= 15 is 0 Å². The number of benzene rings is 2. The number of likely N-dealkylation sites (tertiary alicyclic amines) is 1. The second-order valence-electron chi connectivity index (χ2n) is 6.68. The fourth-order valence-electron chi connectivity index (χ4n) is 3.46. The summed E-state index contributed by atoms with van der Waals surface area (Å²) in [6, 6.07) is 13.1. The van der Waals surface area contributed by atoms with Crippen LogP contribution in [-0.2, 0) is 4.79 Å². The van der Waals surface area contributed by atoms with Crippen molar-refractivity contribution in [2.75, 3.05) is 19.6 Å². The second kappa shape index (κ2) is 8.34. The van der Waals surface area contributed by atoms with Crippen molar-refractivity contribution in [1.82, 2.24) is 4.90 Å². The Kier molecular flexibility index (Phi) is 5.92. The third kappa shape index (κ3) is 4.95. The van der Waals surface area contributed by atoms with E-state index in [1.165, 1.54) is 24.3 Å². The van der Waals surface area contributed by atoms with E-state index in [-0.39, 0.29) is 17.6 Å². The van der Waals surface area contributed by atoms with Crippen molar-refractivity contribution in [1.29, 1.82) is 0 Å². The number of halogens is 2. The van der Waals surface area contributed by atoms with E-state index in [2.05, 4.69) is 4.90 Å². The molecule has 1 saturated heterocycles. The molecule has 1 aliphatic heterocycles. The Bertz CT molecular complexity index is 641. The van der Waals surface area contributed by atoms with Gasteiger partial charge in [0.05, 0.1) is 0 Å². The van der Waals surface area contributed by atoms with Crippen LogP contribution in [0.5, 0.6) is 0 Å². The van der Waals surface area contributed by atoms with Crippen molar-refractivity contribution in [3.05, 3.63) is 71.3 Å². The molecule has 0 atom stereocenters. The Morgan fingerprint density at radius 3 is 1.80 bits per heavy atom. The molecule has 25 heavy (non-hydrogen) atoms. The third-order valence-corrected chi connectivity index (χ3v) is 4.93. The van der Waals surface area contributed by atoms with Crippen LogP contribution in [-0.4, -0.2) is 30.3 Å². The Labute approximate surface area is 147 Å². The number of carbonyl (C=O) groups is 1. The molecule has 1 aliphatic rings. The smallest absolute Gasteiger partial charge is 0.135 e. The summed E-state index contributed by atoms with van der Waals surface area (Å²) in [5.41, 5.74) is 2.09. The van der Waals surface area contributed by atoms with Gasteiger partial charge in [-0.1, -0.05) is 24.3 Å². The van der Waals surface area contributed by atoms with Gasteiger partial charge in [-0.2, -0.15) is 0 Å². The van der Waals surface area contributed by atoms with Crippen LogP contribution >= 0.6 is 0 Å². The Morgan fingerprint density at radius 1 is 0.840 bits per heavy atom. The van der Waals surface area contributed by atoms with Crippen LogP contribution in [0.2, 0.25) is 0 Å². The highest BCUT2D eigenvalue weighted by atomic mass is 19.1. The van der Waals surface area contributed by atoms with Crippen LogP contribution in [0.25, 0.3) is 0 Å². The quantitative estimate of drug-likeness (QED) is 0.767. The zero-order chi connectivity index (χ0) is 17.6. The molecule has 0 spiro atoms. The highest BCUT2D eigenvalue weighted by Crippen LogP contribution is 2.30. The first kappa shape index (κ1) is 17.7. The molecule has 2 nitrogen and oxygen atoms in total. The van der Waals surface area contributed by atoms with Gasteiger partial charge < -0.3 is 4.90 Å². The van der Waals surface area contributed by atoms with Gasteiger partial charge in [0.2, 0.25) is 0 Å². The normalized spacial score (nSPS) is 15.7. The number of hydrogen-bond donors (Lipinski definition) is 0. The van der Waals surface area contributed by atoms with E-state index < -0.39 is 0 Å². The van der Waals surface area contributed by atoms with Gasteiger partial charge in [0.15, 0.2) is 0 Å². The third-order valence-electron chi connectivity index (χ3n) is 4.93. The van der Waals surface area contributed by atoms with Crippen molar-refractivity contribution in [3.63, 3.8) is 0 Å². The van der Waals surface area contributed by atoms with Gasteiger partial charge in [-0.25, -0.2) is 8.78 Å². The molecule has 0 amide bonds. The van der Waals surface area contributed by atoms with Crippen LogP contribution < -0.4 is 0 Å². The number of carbonyl (C=O) groups excluding carboxylic acids is 1. The van der Waals surface area contributed by atoms with Crippen LogP contribution in [0.3, 0.4) is 0 Å². The zero-order valence-corrected chi connectivity index (χ0v) is 14.3. The van der Waals surface area contributed by atoms with Gasteiger partial charge in [-0.3, -0.25) is 4.79 Å². The number of ketones is 1. The van der Waals surface area contributed by atoms with Crippen LogP contribution in [0, 0.1) is 11.6 Å². The maximum absolute atomic E-state index is 13.2. The van der Waals surface area contributed by atoms with Gasteiger partial charge in [0.1, 0.15) is 17.4 Å². The van der Waals surface area contributed by atoms with E-state index in [0.717, 1.165) is 43.6 Å². The summed E-state index contributed by atoms with van der Waals surface area (Å²) < 4.78 is 26.5. The molecular formula is C21H23F2NO. The summed E-state index contributed by atoms with van der Waals surface area (Å²) in [5.74, 6) is -0.0291. The molecule has 3 rings (SSSR count). The summed E-state index contributed by atoms with van der Waals surface area (Å²) in [4.78, 5) is 13.7. The molecule has 0 radical (unpaired) electrons. The maximum Gasteiger partial charge on any atom is 0.135 e. The summed E-state index contributed by atoms with van der Waals surface area (Å²) in [7, 11) is 0. The highest BCUT2D eigenvalue weighted by Gasteiger charge is 2.18. The molecule has 0 N–H and O–H groups in total. The average Bonchev–Trinajstić information content (AvgIpc) is 2.62. The summed E-state index contributed by atoms with van der Waals surface area (Å²) in [5, 5.41) is 0. The standard InChI is InChI=1S/C21H23F2NO/c22-18-7-3-16(4-8-18)21(17-5-9-19(23)10-6-17)2-1-13-24-14-11-20(25)12-15-24/h3-10,21H,1-2,11-15H2. The summed E-state index contributed by atoms with van der Waals surface area (Å²) >= 11 is 0. The molecule has 2 aromatic rings. The number of hydrogen-bond acceptors (Lipinski definition) is 2. The van der Waals surface area contributed by atoms with E-state index in [0.29, 0.717) is 18.6 Å². The Balaban J connectivity index is 1.67. The minimum Gasteiger partial charge on any atom is -0.302 e. The first-order valence-corrected chi connectivity index (χ1v) is 8.87. The monoisotopic (exact) mass is 343 g/mol. The van der Waals surface area contributed by atoms with Gasteiger partial charge >= 0.3 is 0 Å². The van der Waals surface area contributed by atoms with Gasteiger partial charge in [0, 0.05) is 31.8 Å². The predicted octanol–water partition coefficient (Wildman–Crippen LogP) is 4.54. The van der Waals surface area contributed by atoms with Crippen molar-refractivity contribution >= 4 is 5.78 Å². The number of piperidine rings is 1. The molecule has 4 heteroatoms. The van der Waals surface area contributed by atoms with E-state index in [1.807, 2.05) is 24.3 Å². The average molecular weight is 343 g/mol. The van der Waals surface area contributed by atoms with E-state index in [1.54, 1.807) is 0 Å². The van der Waals surface area contributed by atoms with Crippen LogP contribution in [0.15, 0.2) is 48.5 Å². The van der Waals surface area contributed by atoms with Crippen molar-refractivity contribution in [3.8, 4) is 0 Å².